The van der Waals surface area contributed by atoms with Gasteiger partial charge in [0.15, 0.2) is 11.6 Å². The van der Waals surface area contributed by atoms with Gasteiger partial charge in [0.2, 0.25) is 0 Å². The van der Waals surface area contributed by atoms with E-state index in [1.165, 1.54) is 12.1 Å². The second-order valence-corrected chi connectivity index (χ2v) is 9.18. The number of nitrogens with one attached hydrogen (secondary N) is 1. The topological polar surface area (TPSA) is 106 Å². The molecule has 2 aliphatic heterocycles. The highest BCUT2D eigenvalue weighted by molar-refractivity contribution is 5.90. The van der Waals surface area contributed by atoms with E-state index in [9.17, 15) is 23.2 Å². The summed E-state index contributed by atoms with van der Waals surface area (Å²) in [4.78, 5) is 36.9. The number of nitrogens with zero attached hydrogens (tertiary/aromatic N) is 4. The largest absolute Gasteiger partial charge is 0.478 e. The van der Waals surface area contributed by atoms with Crippen LogP contribution in [0, 0.1) is 11.6 Å². The number of hydrogen-bond donors (Lipinski definition) is 2. The number of cyclic esters (lactones) is 1. The zero-order valence-electron chi connectivity index (χ0n) is 20.9. The Balaban J connectivity index is 1.41. The molecule has 2 heterocycles. The first-order valence-electron chi connectivity index (χ1n) is 12.1. The zero-order valence-corrected chi connectivity index (χ0v) is 20.9. The van der Waals surface area contributed by atoms with E-state index < -0.39 is 42.1 Å². The Kier molecular flexibility index (Phi) is 8.55. The second-order valence-electron chi connectivity index (χ2n) is 9.18. The highest BCUT2D eigenvalue weighted by Gasteiger charge is 2.34. The molecule has 2 saturated heterocycles. The Morgan fingerprint density at radius 2 is 1.72 bits per heavy atom. The van der Waals surface area contributed by atoms with Crippen molar-refractivity contribution in [1.82, 2.24) is 15.3 Å². The first-order chi connectivity index (χ1) is 18.5. The van der Waals surface area contributed by atoms with Crippen molar-refractivity contribution in [2.75, 3.05) is 56.1 Å². The van der Waals surface area contributed by atoms with Crippen LogP contribution < -0.4 is 15.1 Å². The maximum atomic E-state index is 15.2. The molecule has 1 unspecified atom stereocenters. The molecule has 0 radical (unpaired) electrons. The number of halogens is 4. The third kappa shape index (κ3) is 6.57. The van der Waals surface area contributed by atoms with Crippen LogP contribution in [0.3, 0.4) is 0 Å². The van der Waals surface area contributed by atoms with Gasteiger partial charge >= 0.3 is 18.5 Å². The second kappa shape index (κ2) is 11.9. The van der Waals surface area contributed by atoms with Crippen molar-refractivity contribution in [1.29, 1.82) is 0 Å². The summed E-state index contributed by atoms with van der Waals surface area (Å²) >= 11 is 0. The Morgan fingerprint density at radius 3 is 2.33 bits per heavy atom. The summed E-state index contributed by atoms with van der Waals surface area (Å²) in [5.74, 6) is -4.29. The number of benzene rings is 2. The molecule has 1 atom stereocenters. The number of carbonyl (C=O) groups excluding carboxylic acids is 2. The molecule has 0 aliphatic carbocycles. The fraction of sp³-hybridized carbons (Fsp3) is 0.400. The third-order valence-corrected chi connectivity index (χ3v) is 6.58. The van der Waals surface area contributed by atoms with Gasteiger partial charge in [0.05, 0.1) is 24.3 Å². The molecular weight excluding hydrogens is 526 g/mol. The van der Waals surface area contributed by atoms with E-state index in [2.05, 4.69) is 0 Å². The SMILES string of the molecule is CN1CCN(c2c(F)cc(N3CC(CNC(=O)C(F)F)OC3=O)cc2F)CCN1Cc1ccc(C(=O)O)cc1. The van der Waals surface area contributed by atoms with Crippen molar-refractivity contribution in [3.05, 3.63) is 59.2 Å². The van der Waals surface area contributed by atoms with Crippen molar-refractivity contribution in [2.45, 2.75) is 19.1 Å². The molecule has 4 rings (SSSR count). The van der Waals surface area contributed by atoms with Crippen LogP contribution in [0.1, 0.15) is 15.9 Å². The van der Waals surface area contributed by atoms with Gasteiger partial charge < -0.3 is 20.1 Å². The van der Waals surface area contributed by atoms with Gasteiger partial charge in [0.1, 0.15) is 11.8 Å². The molecule has 0 saturated carbocycles. The Morgan fingerprint density at radius 1 is 1.08 bits per heavy atom. The van der Waals surface area contributed by atoms with Gasteiger partial charge in [-0.25, -0.2) is 28.4 Å². The predicted molar refractivity (Wildman–Crippen MR) is 132 cm³/mol. The number of ether oxygens (including phenoxy) is 1. The van der Waals surface area contributed by atoms with Gasteiger partial charge in [-0.05, 0) is 17.7 Å². The Hall–Kier alpha value is -3.91. The fourth-order valence-electron chi connectivity index (χ4n) is 4.45. The number of rotatable bonds is 8. The van der Waals surface area contributed by atoms with Crippen molar-refractivity contribution in [3.8, 4) is 0 Å². The first-order valence-corrected chi connectivity index (χ1v) is 12.1. The van der Waals surface area contributed by atoms with E-state index >= 15 is 8.78 Å². The number of carboxylic acid groups (broad SMARTS) is 1. The third-order valence-electron chi connectivity index (χ3n) is 6.58. The van der Waals surface area contributed by atoms with Crippen LogP contribution in [0.4, 0.5) is 33.7 Å². The van der Waals surface area contributed by atoms with E-state index in [1.807, 2.05) is 22.4 Å². The number of hydrogen-bond acceptors (Lipinski definition) is 7. The number of carbonyl (C=O) groups is 3. The van der Waals surface area contributed by atoms with Crippen molar-refractivity contribution in [2.24, 2.45) is 0 Å². The number of likely N-dealkylation sites (N-methyl/N-ethyl adjacent to an activating group) is 1. The number of hydrazine groups is 1. The molecule has 2 N–H and O–H groups in total. The lowest BCUT2D eigenvalue weighted by atomic mass is 10.1. The van der Waals surface area contributed by atoms with Crippen molar-refractivity contribution >= 4 is 29.3 Å². The number of amides is 2. The summed E-state index contributed by atoms with van der Waals surface area (Å²) in [6.07, 6.45) is -5.09. The van der Waals surface area contributed by atoms with Crippen molar-refractivity contribution in [3.63, 3.8) is 0 Å². The van der Waals surface area contributed by atoms with Gasteiger partial charge in [0.25, 0.3) is 5.91 Å². The summed E-state index contributed by atoms with van der Waals surface area (Å²) < 4.78 is 60.2. The lowest BCUT2D eigenvalue weighted by Crippen LogP contribution is -2.40. The fourth-order valence-corrected chi connectivity index (χ4v) is 4.45. The number of aromatic carboxylic acids is 1. The van der Waals surface area contributed by atoms with Crippen LogP contribution in [0.2, 0.25) is 0 Å². The van der Waals surface area contributed by atoms with Crippen LogP contribution in [0.15, 0.2) is 36.4 Å². The predicted octanol–water partition coefficient (Wildman–Crippen LogP) is 2.54. The zero-order chi connectivity index (χ0) is 28.3. The molecule has 2 amide bonds. The van der Waals surface area contributed by atoms with E-state index in [4.69, 9.17) is 9.84 Å². The monoisotopic (exact) mass is 553 g/mol. The first kappa shape index (κ1) is 28.1. The summed E-state index contributed by atoms with van der Waals surface area (Å²) in [5, 5.41) is 14.9. The van der Waals surface area contributed by atoms with Crippen LogP contribution in [0.25, 0.3) is 0 Å². The van der Waals surface area contributed by atoms with E-state index in [0.29, 0.717) is 32.7 Å². The van der Waals surface area contributed by atoms with E-state index in [-0.39, 0.29) is 30.0 Å². The number of alkyl halides is 2. The highest BCUT2D eigenvalue weighted by atomic mass is 19.3. The number of anilines is 2. The minimum absolute atomic E-state index is 0.0974. The average molecular weight is 554 g/mol. The minimum atomic E-state index is -3.22. The summed E-state index contributed by atoms with van der Waals surface area (Å²) in [7, 11) is 1.85. The highest BCUT2D eigenvalue weighted by Crippen LogP contribution is 2.31. The molecule has 2 aliphatic rings. The van der Waals surface area contributed by atoms with Crippen molar-refractivity contribution < 1.29 is 41.8 Å². The lowest BCUT2D eigenvalue weighted by Gasteiger charge is -2.29. The van der Waals surface area contributed by atoms with Gasteiger partial charge in [-0.2, -0.15) is 8.78 Å². The van der Waals surface area contributed by atoms with E-state index in [0.717, 1.165) is 22.6 Å². The Bertz CT molecular complexity index is 1210. The lowest BCUT2D eigenvalue weighted by molar-refractivity contribution is -0.132. The average Bonchev–Trinajstić information content (AvgIpc) is 3.17. The smallest absolute Gasteiger partial charge is 0.414 e. The van der Waals surface area contributed by atoms with Gasteiger partial charge in [0, 0.05) is 51.9 Å². The maximum absolute atomic E-state index is 15.2. The molecule has 0 bridgehead atoms. The van der Waals surface area contributed by atoms with Crippen LogP contribution in [-0.2, 0) is 16.1 Å². The quantitative estimate of drug-likeness (QED) is 0.481. The molecule has 39 heavy (non-hydrogen) atoms. The van der Waals surface area contributed by atoms with Gasteiger partial charge in [-0.15, -0.1) is 0 Å². The van der Waals surface area contributed by atoms with Gasteiger partial charge in [-0.3, -0.25) is 9.69 Å². The maximum Gasteiger partial charge on any atom is 0.414 e. The van der Waals surface area contributed by atoms with Crippen LogP contribution in [-0.4, -0.2) is 91.9 Å². The molecule has 0 aromatic heterocycles. The number of carboxylic acids is 1. The molecule has 2 aromatic rings. The van der Waals surface area contributed by atoms with E-state index in [1.54, 1.807) is 17.0 Å². The molecule has 2 fully saturated rings. The molecule has 14 heteroatoms. The Labute approximate surface area is 221 Å². The molecule has 10 nitrogen and oxygen atoms in total. The van der Waals surface area contributed by atoms with Crippen LogP contribution >= 0.6 is 0 Å². The molecule has 210 valence electrons. The minimum Gasteiger partial charge on any atom is -0.478 e. The van der Waals surface area contributed by atoms with Gasteiger partial charge in [-0.1, -0.05) is 12.1 Å². The molecule has 0 spiro atoms. The van der Waals surface area contributed by atoms with Crippen LogP contribution in [0.5, 0.6) is 0 Å². The summed E-state index contributed by atoms with van der Waals surface area (Å²) in [5.41, 5.74) is 0.722. The standard InChI is InChI=1S/C25H27F4N5O5/c1-31-6-7-32(8-9-33(31)13-15-2-4-16(5-3-15)24(36)37)21-19(26)10-17(11-20(21)27)34-14-18(39-25(34)38)12-30-23(35)22(28)29/h2-5,10-11,18,22H,6-9,12-14H2,1H3,(H,30,35)(H,36,37). The molecule has 2 aromatic carbocycles. The normalized spacial score (nSPS) is 18.8. The molecular formula is C25H27F4N5O5. The summed E-state index contributed by atoms with van der Waals surface area (Å²) in [6.45, 7) is 1.43. The summed E-state index contributed by atoms with van der Waals surface area (Å²) in [6, 6.07) is 8.50.